The van der Waals surface area contributed by atoms with E-state index < -0.39 is 5.41 Å². The van der Waals surface area contributed by atoms with E-state index in [1.54, 1.807) is 13.8 Å². The Kier molecular flexibility index (Phi) is 4.43. The maximum atomic E-state index is 11.9. The lowest BCUT2D eigenvalue weighted by atomic mass is 9.93. The van der Waals surface area contributed by atoms with Gasteiger partial charge in [-0.25, -0.2) is 0 Å². The maximum Gasteiger partial charge on any atom is 0.236 e. The highest BCUT2D eigenvalue weighted by molar-refractivity contribution is 5.93. The van der Waals surface area contributed by atoms with Gasteiger partial charge in [-0.05, 0) is 13.8 Å². The van der Waals surface area contributed by atoms with E-state index in [1.165, 1.54) is 20.3 Å². The molecule has 0 fully saturated rings. The lowest BCUT2D eigenvalue weighted by molar-refractivity contribution is -0.123. The van der Waals surface area contributed by atoms with Crippen molar-refractivity contribution < 1.29 is 14.3 Å². The molecule has 0 aliphatic carbocycles. The van der Waals surface area contributed by atoms with Gasteiger partial charge in [0, 0.05) is 6.54 Å². The van der Waals surface area contributed by atoms with Gasteiger partial charge >= 0.3 is 0 Å². The average Bonchev–Trinajstić information content (AvgIpc) is 2.37. The summed E-state index contributed by atoms with van der Waals surface area (Å²) in [6.45, 7) is 3.69. The number of carbonyl (C=O) groups is 1. The molecule has 0 atom stereocenters. The molecule has 18 heavy (non-hydrogen) atoms. The van der Waals surface area contributed by atoms with Crippen LogP contribution in [0.1, 0.15) is 13.8 Å². The van der Waals surface area contributed by atoms with Crippen LogP contribution in [0, 0.1) is 5.41 Å². The van der Waals surface area contributed by atoms with E-state index in [0.717, 1.165) is 0 Å². The Morgan fingerprint density at radius 3 is 2.22 bits per heavy atom. The first-order valence-corrected chi connectivity index (χ1v) is 5.41. The molecule has 1 aromatic rings. The molecule has 1 amide bonds. The number of nitrogens with one attached hydrogen (secondary N) is 1. The molecule has 1 rings (SSSR count). The summed E-state index contributed by atoms with van der Waals surface area (Å²) in [5, 5.41) is 2.58. The molecule has 0 spiro atoms. The van der Waals surface area contributed by atoms with E-state index in [4.69, 9.17) is 15.2 Å². The molecule has 0 bridgehead atoms. The molecule has 0 aliphatic heterocycles. The van der Waals surface area contributed by atoms with E-state index in [-0.39, 0.29) is 18.4 Å². The van der Waals surface area contributed by atoms with Crippen LogP contribution in [0.15, 0.2) is 6.07 Å². The third kappa shape index (κ3) is 3.30. The third-order valence-corrected chi connectivity index (χ3v) is 2.45. The van der Waals surface area contributed by atoms with Gasteiger partial charge in [0.25, 0.3) is 0 Å². The Bertz CT molecular complexity index is 412. The minimum Gasteiger partial charge on any atom is -0.481 e. The van der Waals surface area contributed by atoms with Gasteiger partial charge in [-0.2, -0.15) is 9.97 Å². The van der Waals surface area contributed by atoms with Crippen molar-refractivity contribution in [2.24, 2.45) is 11.1 Å². The van der Waals surface area contributed by atoms with Gasteiger partial charge in [0.2, 0.25) is 23.6 Å². The summed E-state index contributed by atoms with van der Waals surface area (Å²) in [4.78, 5) is 19.9. The van der Waals surface area contributed by atoms with Crippen LogP contribution >= 0.6 is 0 Å². The van der Waals surface area contributed by atoms with Gasteiger partial charge in [0.1, 0.15) is 0 Å². The van der Waals surface area contributed by atoms with Crippen molar-refractivity contribution in [1.29, 1.82) is 0 Å². The molecule has 0 saturated heterocycles. The van der Waals surface area contributed by atoms with Crippen molar-refractivity contribution in [1.82, 2.24) is 9.97 Å². The Morgan fingerprint density at radius 2 is 1.83 bits per heavy atom. The van der Waals surface area contributed by atoms with Crippen LogP contribution in [-0.2, 0) is 4.79 Å². The largest absolute Gasteiger partial charge is 0.481 e. The summed E-state index contributed by atoms with van der Waals surface area (Å²) in [5.41, 5.74) is 4.83. The first-order valence-electron chi connectivity index (χ1n) is 5.41. The van der Waals surface area contributed by atoms with Gasteiger partial charge in [-0.15, -0.1) is 0 Å². The molecule has 0 aromatic carbocycles. The maximum absolute atomic E-state index is 11.9. The number of nitrogens with zero attached hydrogens (tertiary/aromatic N) is 2. The molecule has 0 aliphatic rings. The lowest BCUT2D eigenvalue weighted by Crippen LogP contribution is -2.37. The number of carbonyl (C=O) groups excluding carboxylic acids is 1. The van der Waals surface area contributed by atoms with E-state index in [2.05, 4.69) is 15.3 Å². The van der Waals surface area contributed by atoms with E-state index in [9.17, 15) is 4.79 Å². The molecule has 0 saturated carbocycles. The summed E-state index contributed by atoms with van der Waals surface area (Å²) in [6, 6.07) is 1.52. The van der Waals surface area contributed by atoms with Crippen LogP contribution in [0.25, 0.3) is 0 Å². The summed E-state index contributed by atoms with van der Waals surface area (Å²) >= 11 is 0. The molecule has 0 unspecified atom stereocenters. The van der Waals surface area contributed by atoms with Crippen molar-refractivity contribution in [3.05, 3.63) is 6.07 Å². The third-order valence-electron chi connectivity index (χ3n) is 2.45. The predicted molar refractivity (Wildman–Crippen MR) is 66.6 cm³/mol. The smallest absolute Gasteiger partial charge is 0.236 e. The normalized spacial score (nSPS) is 10.9. The zero-order valence-electron chi connectivity index (χ0n) is 11.0. The highest BCUT2D eigenvalue weighted by Gasteiger charge is 2.26. The van der Waals surface area contributed by atoms with Gasteiger partial charge in [-0.1, -0.05) is 0 Å². The van der Waals surface area contributed by atoms with Crippen molar-refractivity contribution in [3.63, 3.8) is 0 Å². The van der Waals surface area contributed by atoms with Gasteiger partial charge in [-0.3, -0.25) is 10.1 Å². The number of hydrogen-bond acceptors (Lipinski definition) is 6. The Labute approximate surface area is 106 Å². The van der Waals surface area contributed by atoms with Gasteiger partial charge in [0.05, 0.1) is 25.7 Å². The molecule has 7 heteroatoms. The van der Waals surface area contributed by atoms with Crippen molar-refractivity contribution in [2.45, 2.75) is 13.8 Å². The first kappa shape index (κ1) is 14.2. The molecule has 1 heterocycles. The number of amides is 1. The predicted octanol–water partition coefficient (Wildman–Crippen LogP) is 0.417. The van der Waals surface area contributed by atoms with Crippen molar-refractivity contribution in [3.8, 4) is 11.8 Å². The average molecular weight is 254 g/mol. The second-order valence-corrected chi connectivity index (χ2v) is 4.32. The zero-order valence-corrected chi connectivity index (χ0v) is 11.0. The van der Waals surface area contributed by atoms with Crippen LogP contribution in [-0.4, -0.2) is 36.6 Å². The van der Waals surface area contributed by atoms with Gasteiger partial charge in [0.15, 0.2) is 0 Å². The van der Waals surface area contributed by atoms with E-state index in [0.29, 0.717) is 11.8 Å². The molecule has 0 radical (unpaired) electrons. The second-order valence-electron chi connectivity index (χ2n) is 4.32. The lowest BCUT2D eigenvalue weighted by Gasteiger charge is -2.20. The Balaban J connectivity index is 2.93. The highest BCUT2D eigenvalue weighted by Crippen LogP contribution is 2.20. The zero-order chi connectivity index (χ0) is 13.8. The Morgan fingerprint density at radius 1 is 1.33 bits per heavy atom. The minimum atomic E-state index is -0.695. The van der Waals surface area contributed by atoms with Crippen LogP contribution in [0.4, 0.5) is 5.95 Å². The summed E-state index contributed by atoms with van der Waals surface area (Å²) in [7, 11) is 2.94. The SMILES string of the molecule is COc1cc(OC)nc(NC(=O)C(C)(C)CN)n1. The number of methoxy groups -OCH3 is 2. The van der Waals surface area contributed by atoms with Gasteiger partial charge < -0.3 is 15.2 Å². The molecule has 100 valence electrons. The number of hydrogen-bond donors (Lipinski definition) is 2. The van der Waals surface area contributed by atoms with Crippen molar-refractivity contribution in [2.75, 3.05) is 26.1 Å². The fourth-order valence-electron chi connectivity index (χ4n) is 1.03. The number of ether oxygens (including phenoxy) is 2. The van der Waals surface area contributed by atoms with Crippen LogP contribution in [0.3, 0.4) is 0 Å². The molecular formula is C11H18N4O3. The van der Waals surface area contributed by atoms with E-state index in [1.807, 2.05) is 0 Å². The molecular weight excluding hydrogens is 236 g/mol. The highest BCUT2D eigenvalue weighted by atomic mass is 16.5. The monoisotopic (exact) mass is 254 g/mol. The fourth-order valence-corrected chi connectivity index (χ4v) is 1.03. The van der Waals surface area contributed by atoms with Crippen LogP contribution in [0.2, 0.25) is 0 Å². The van der Waals surface area contributed by atoms with E-state index >= 15 is 0 Å². The Hall–Kier alpha value is -1.89. The van der Waals surface area contributed by atoms with Crippen molar-refractivity contribution >= 4 is 11.9 Å². The number of anilines is 1. The first-order chi connectivity index (χ1) is 8.42. The fraction of sp³-hybridized carbons (Fsp3) is 0.545. The molecule has 1 aromatic heterocycles. The molecule has 3 N–H and O–H groups in total. The summed E-state index contributed by atoms with van der Waals surface area (Å²) in [5.74, 6) is 0.475. The standard InChI is InChI=1S/C11H18N4O3/c1-11(2,6-12)9(16)15-10-13-7(17-3)5-8(14-10)18-4/h5H,6,12H2,1-4H3,(H,13,14,15,16). The van der Waals surface area contributed by atoms with Crippen LogP contribution in [0.5, 0.6) is 11.8 Å². The second kappa shape index (κ2) is 5.63. The quantitative estimate of drug-likeness (QED) is 0.789. The minimum absolute atomic E-state index is 0.123. The summed E-state index contributed by atoms with van der Waals surface area (Å²) in [6.07, 6.45) is 0. The molecule has 7 nitrogen and oxygen atoms in total. The topological polar surface area (TPSA) is 99.4 Å². The number of aromatic nitrogens is 2. The number of nitrogens with two attached hydrogens (primary N) is 1. The van der Waals surface area contributed by atoms with Crippen LogP contribution < -0.4 is 20.5 Å². The summed E-state index contributed by atoms with van der Waals surface area (Å²) < 4.78 is 9.97. The number of rotatable bonds is 5.